The average Bonchev–Trinajstić information content (AvgIpc) is 2.39. The van der Waals surface area contributed by atoms with Gasteiger partial charge in [-0.3, -0.25) is 0 Å². The summed E-state index contributed by atoms with van der Waals surface area (Å²) in [6, 6.07) is 10.4. The molecule has 1 atom stereocenters. The normalized spacial score (nSPS) is 26.1. The molecule has 1 N–H and O–H groups in total. The van der Waals surface area contributed by atoms with Crippen molar-refractivity contribution in [3.05, 3.63) is 35.9 Å². The summed E-state index contributed by atoms with van der Waals surface area (Å²) in [5, 5.41) is 3.44. The van der Waals surface area contributed by atoms with Crippen LogP contribution in [0.1, 0.15) is 44.2 Å². The molecule has 0 amide bonds. The minimum atomic E-state index is -4.02. The Bertz CT molecular complexity index is 380. The molecule has 0 saturated heterocycles. The zero-order valence-electron chi connectivity index (χ0n) is 11.1. The molecular weight excluding hydrogens is 251 g/mol. The van der Waals surface area contributed by atoms with E-state index in [0.717, 1.165) is 0 Å². The van der Waals surface area contributed by atoms with Gasteiger partial charge in [-0.1, -0.05) is 30.3 Å². The Hall–Kier alpha value is -1.03. The molecule has 0 heterocycles. The van der Waals surface area contributed by atoms with Crippen molar-refractivity contribution in [2.75, 3.05) is 0 Å². The smallest absolute Gasteiger partial charge is 0.307 e. The van der Waals surface area contributed by atoms with Gasteiger partial charge in [0.05, 0.1) is 5.92 Å². The van der Waals surface area contributed by atoms with Crippen molar-refractivity contribution in [2.24, 2.45) is 5.92 Å². The number of nitrogens with one attached hydrogen (secondary N) is 1. The lowest BCUT2D eigenvalue weighted by atomic mass is 9.85. The SMILES string of the molecule is C[C@@H](NC1CCC(C(F)(F)F)CC1)c1ccccc1. The van der Waals surface area contributed by atoms with E-state index in [0.29, 0.717) is 12.8 Å². The van der Waals surface area contributed by atoms with E-state index < -0.39 is 12.1 Å². The van der Waals surface area contributed by atoms with Gasteiger partial charge in [0.2, 0.25) is 0 Å². The summed E-state index contributed by atoms with van der Waals surface area (Å²) in [5.41, 5.74) is 1.18. The van der Waals surface area contributed by atoms with Crippen LogP contribution < -0.4 is 5.32 Å². The van der Waals surface area contributed by atoms with Gasteiger partial charge in [0.25, 0.3) is 0 Å². The largest absolute Gasteiger partial charge is 0.391 e. The van der Waals surface area contributed by atoms with Gasteiger partial charge in [0.1, 0.15) is 0 Å². The Kier molecular flexibility index (Phi) is 4.50. The highest BCUT2D eigenvalue weighted by molar-refractivity contribution is 5.18. The van der Waals surface area contributed by atoms with E-state index in [1.54, 1.807) is 0 Å². The first kappa shape index (κ1) is 14.4. The van der Waals surface area contributed by atoms with Crippen LogP contribution in [0.3, 0.4) is 0 Å². The first-order valence-corrected chi connectivity index (χ1v) is 6.84. The molecule has 106 valence electrons. The Morgan fingerprint density at radius 2 is 1.63 bits per heavy atom. The predicted molar refractivity (Wildman–Crippen MR) is 69.8 cm³/mol. The summed E-state index contributed by atoms with van der Waals surface area (Å²) in [4.78, 5) is 0. The molecule has 0 unspecified atom stereocenters. The molecule has 1 aliphatic carbocycles. The third-order valence-electron chi connectivity index (χ3n) is 3.98. The Morgan fingerprint density at radius 3 is 2.16 bits per heavy atom. The lowest BCUT2D eigenvalue weighted by Crippen LogP contribution is -2.38. The maximum atomic E-state index is 12.6. The second kappa shape index (κ2) is 5.95. The van der Waals surface area contributed by atoms with Gasteiger partial charge in [-0.2, -0.15) is 13.2 Å². The number of rotatable bonds is 3. The molecule has 1 aromatic rings. The van der Waals surface area contributed by atoms with Gasteiger partial charge in [-0.05, 0) is 38.2 Å². The first-order chi connectivity index (χ1) is 8.97. The molecule has 0 spiro atoms. The van der Waals surface area contributed by atoms with Crippen LogP contribution in [0.15, 0.2) is 30.3 Å². The van der Waals surface area contributed by atoms with Crippen molar-refractivity contribution in [1.29, 1.82) is 0 Å². The van der Waals surface area contributed by atoms with Gasteiger partial charge >= 0.3 is 6.18 Å². The topological polar surface area (TPSA) is 12.0 Å². The van der Waals surface area contributed by atoms with Crippen LogP contribution in [0.4, 0.5) is 13.2 Å². The molecule has 0 bridgehead atoms. The number of hydrogen-bond donors (Lipinski definition) is 1. The highest BCUT2D eigenvalue weighted by atomic mass is 19.4. The van der Waals surface area contributed by atoms with Crippen molar-refractivity contribution >= 4 is 0 Å². The third-order valence-corrected chi connectivity index (χ3v) is 3.98. The standard InChI is InChI=1S/C15H20F3N/c1-11(12-5-3-2-4-6-12)19-14-9-7-13(8-10-14)15(16,17)18/h2-6,11,13-14,19H,7-10H2,1H3/t11-,13?,14?/m1/s1. The summed E-state index contributed by atoms with van der Waals surface area (Å²) < 4.78 is 37.7. The van der Waals surface area contributed by atoms with E-state index in [9.17, 15) is 13.2 Å². The summed E-state index contributed by atoms with van der Waals surface area (Å²) in [6.45, 7) is 2.06. The molecule has 0 aliphatic heterocycles. The van der Waals surface area contributed by atoms with Gasteiger partial charge < -0.3 is 5.32 Å². The molecule has 1 fully saturated rings. The number of alkyl halides is 3. The van der Waals surface area contributed by atoms with E-state index in [2.05, 4.69) is 12.2 Å². The summed E-state index contributed by atoms with van der Waals surface area (Å²) in [7, 11) is 0. The minimum absolute atomic E-state index is 0.189. The molecule has 1 nitrogen and oxygen atoms in total. The lowest BCUT2D eigenvalue weighted by Gasteiger charge is -2.32. The van der Waals surface area contributed by atoms with E-state index in [-0.39, 0.29) is 24.9 Å². The molecule has 1 aromatic carbocycles. The molecule has 0 radical (unpaired) electrons. The van der Waals surface area contributed by atoms with Crippen LogP contribution >= 0.6 is 0 Å². The van der Waals surface area contributed by atoms with Crippen LogP contribution in [0.5, 0.6) is 0 Å². The summed E-state index contributed by atoms with van der Waals surface area (Å²) in [6.07, 6.45) is -2.29. The van der Waals surface area contributed by atoms with Gasteiger partial charge in [0, 0.05) is 12.1 Å². The highest BCUT2D eigenvalue weighted by Gasteiger charge is 2.41. The zero-order valence-corrected chi connectivity index (χ0v) is 11.1. The van der Waals surface area contributed by atoms with Crippen LogP contribution in [-0.4, -0.2) is 12.2 Å². The average molecular weight is 271 g/mol. The van der Waals surface area contributed by atoms with Crippen molar-refractivity contribution in [3.63, 3.8) is 0 Å². The van der Waals surface area contributed by atoms with Gasteiger partial charge in [0.15, 0.2) is 0 Å². The Balaban J connectivity index is 1.83. The first-order valence-electron chi connectivity index (χ1n) is 6.84. The Morgan fingerprint density at radius 1 is 1.05 bits per heavy atom. The van der Waals surface area contributed by atoms with Crippen molar-refractivity contribution < 1.29 is 13.2 Å². The van der Waals surface area contributed by atoms with Crippen LogP contribution in [-0.2, 0) is 0 Å². The maximum Gasteiger partial charge on any atom is 0.391 e. The van der Waals surface area contributed by atoms with Gasteiger partial charge in [-0.15, -0.1) is 0 Å². The quantitative estimate of drug-likeness (QED) is 0.856. The van der Waals surface area contributed by atoms with Crippen LogP contribution in [0.2, 0.25) is 0 Å². The lowest BCUT2D eigenvalue weighted by molar-refractivity contribution is -0.182. The van der Waals surface area contributed by atoms with Crippen LogP contribution in [0.25, 0.3) is 0 Å². The maximum absolute atomic E-state index is 12.6. The number of benzene rings is 1. The van der Waals surface area contributed by atoms with Crippen molar-refractivity contribution in [2.45, 2.75) is 50.9 Å². The second-order valence-electron chi connectivity index (χ2n) is 5.39. The fraction of sp³-hybridized carbons (Fsp3) is 0.600. The third kappa shape index (κ3) is 3.96. The molecule has 2 rings (SSSR count). The second-order valence-corrected chi connectivity index (χ2v) is 5.39. The molecule has 1 aliphatic rings. The fourth-order valence-electron chi connectivity index (χ4n) is 2.78. The monoisotopic (exact) mass is 271 g/mol. The zero-order chi connectivity index (χ0) is 13.9. The fourth-order valence-corrected chi connectivity index (χ4v) is 2.78. The minimum Gasteiger partial charge on any atom is -0.307 e. The molecule has 1 saturated carbocycles. The van der Waals surface area contributed by atoms with Crippen molar-refractivity contribution in [3.8, 4) is 0 Å². The van der Waals surface area contributed by atoms with E-state index in [1.807, 2.05) is 30.3 Å². The molecule has 19 heavy (non-hydrogen) atoms. The number of hydrogen-bond acceptors (Lipinski definition) is 1. The highest BCUT2D eigenvalue weighted by Crippen LogP contribution is 2.37. The molecule has 0 aromatic heterocycles. The molecule has 4 heteroatoms. The molecular formula is C15H20F3N. The predicted octanol–water partition coefficient (Wildman–Crippen LogP) is 4.46. The van der Waals surface area contributed by atoms with Gasteiger partial charge in [-0.25, -0.2) is 0 Å². The summed E-state index contributed by atoms with van der Waals surface area (Å²) in [5.74, 6) is -1.10. The van der Waals surface area contributed by atoms with Crippen molar-refractivity contribution in [1.82, 2.24) is 5.32 Å². The van der Waals surface area contributed by atoms with E-state index in [4.69, 9.17) is 0 Å². The Labute approximate surface area is 112 Å². The van der Waals surface area contributed by atoms with E-state index in [1.165, 1.54) is 5.56 Å². The van der Waals surface area contributed by atoms with E-state index >= 15 is 0 Å². The summed E-state index contributed by atoms with van der Waals surface area (Å²) >= 11 is 0. The number of halogens is 3. The van der Waals surface area contributed by atoms with Crippen LogP contribution in [0, 0.1) is 5.92 Å².